The molecule has 2 aromatic rings. The first-order valence-corrected chi connectivity index (χ1v) is 7.30. The van der Waals surface area contributed by atoms with Gasteiger partial charge in [0, 0.05) is 17.2 Å². The molecule has 2 aromatic carbocycles. The number of ketones is 1. The van der Waals surface area contributed by atoms with Crippen LogP contribution in [-0.2, 0) is 0 Å². The van der Waals surface area contributed by atoms with Gasteiger partial charge in [-0.15, -0.1) is 0 Å². The number of hydrogen-bond acceptors (Lipinski definition) is 2. The molecule has 1 fully saturated rings. The number of hydrogen-bond donors (Lipinski definition) is 1. The van der Waals surface area contributed by atoms with Gasteiger partial charge in [-0.1, -0.05) is 48.0 Å². The van der Waals surface area contributed by atoms with E-state index < -0.39 is 11.6 Å². The van der Waals surface area contributed by atoms with Crippen molar-refractivity contribution in [3.8, 4) is 0 Å². The SMILES string of the molecule is N[C@@H](c1ccc(Cl)c(C(=O)c2ccccc2)c1F)C1CC1. The van der Waals surface area contributed by atoms with E-state index in [9.17, 15) is 9.18 Å². The first-order valence-electron chi connectivity index (χ1n) is 6.93. The highest BCUT2D eigenvalue weighted by molar-refractivity contribution is 6.35. The van der Waals surface area contributed by atoms with Gasteiger partial charge in [0.2, 0.25) is 0 Å². The maximum atomic E-state index is 14.7. The Morgan fingerprint density at radius 3 is 2.48 bits per heavy atom. The number of halogens is 2. The van der Waals surface area contributed by atoms with E-state index in [2.05, 4.69) is 0 Å². The van der Waals surface area contributed by atoms with Crippen LogP contribution >= 0.6 is 11.6 Å². The minimum Gasteiger partial charge on any atom is -0.324 e. The molecular weight excluding hydrogens is 289 g/mol. The number of carbonyl (C=O) groups excluding carboxylic acids is 1. The normalized spacial score (nSPS) is 15.8. The van der Waals surface area contributed by atoms with E-state index in [1.165, 1.54) is 0 Å². The fourth-order valence-corrected chi connectivity index (χ4v) is 2.71. The third kappa shape index (κ3) is 2.71. The Morgan fingerprint density at radius 2 is 1.86 bits per heavy atom. The highest BCUT2D eigenvalue weighted by Crippen LogP contribution is 2.41. The molecule has 2 N–H and O–H groups in total. The highest BCUT2D eigenvalue weighted by Gasteiger charge is 2.33. The zero-order valence-electron chi connectivity index (χ0n) is 11.4. The predicted octanol–water partition coefficient (Wildman–Crippen LogP) is 4.12. The Hall–Kier alpha value is -1.71. The number of nitrogens with two attached hydrogens (primary N) is 1. The lowest BCUT2D eigenvalue weighted by Gasteiger charge is -2.15. The van der Waals surface area contributed by atoms with Gasteiger partial charge in [-0.2, -0.15) is 0 Å². The number of rotatable bonds is 4. The van der Waals surface area contributed by atoms with Gasteiger partial charge in [-0.3, -0.25) is 4.79 Å². The minimum absolute atomic E-state index is 0.0866. The second kappa shape index (κ2) is 5.58. The maximum Gasteiger partial charge on any atom is 0.197 e. The summed E-state index contributed by atoms with van der Waals surface area (Å²) in [5.41, 5.74) is 6.77. The summed E-state index contributed by atoms with van der Waals surface area (Å²) >= 11 is 6.04. The third-order valence-electron chi connectivity index (χ3n) is 3.87. The average molecular weight is 304 g/mol. The van der Waals surface area contributed by atoms with Gasteiger partial charge in [0.25, 0.3) is 0 Å². The van der Waals surface area contributed by atoms with Crippen LogP contribution in [0.25, 0.3) is 0 Å². The average Bonchev–Trinajstić information content (AvgIpc) is 3.32. The Labute approximate surface area is 127 Å². The van der Waals surface area contributed by atoms with E-state index in [-0.39, 0.29) is 16.6 Å². The maximum absolute atomic E-state index is 14.7. The largest absolute Gasteiger partial charge is 0.324 e. The van der Waals surface area contributed by atoms with E-state index in [1.807, 2.05) is 0 Å². The molecule has 0 bridgehead atoms. The van der Waals surface area contributed by atoms with Gasteiger partial charge in [0.1, 0.15) is 5.82 Å². The van der Waals surface area contributed by atoms with Crippen LogP contribution < -0.4 is 5.73 Å². The van der Waals surface area contributed by atoms with Crippen molar-refractivity contribution in [3.63, 3.8) is 0 Å². The zero-order valence-corrected chi connectivity index (χ0v) is 12.1. The van der Waals surface area contributed by atoms with Crippen LogP contribution in [-0.4, -0.2) is 5.78 Å². The van der Waals surface area contributed by atoms with Crippen LogP contribution in [0.4, 0.5) is 4.39 Å². The van der Waals surface area contributed by atoms with Crippen molar-refractivity contribution >= 4 is 17.4 Å². The zero-order chi connectivity index (χ0) is 15.0. The van der Waals surface area contributed by atoms with Crippen molar-refractivity contribution in [2.45, 2.75) is 18.9 Å². The summed E-state index contributed by atoms with van der Waals surface area (Å²) in [6.45, 7) is 0. The Kier molecular flexibility index (Phi) is 3.79. The summed E-state index contributed by atoms with van der Waals surface area (Å²) in [6, 6.07) is 11.3. The van der Waals surface area contributed by atoms with Crippen LogP contribution in [0.15, 0.2) is 42.5 Å². The molecule has 0 aliphatic heterocycles. The second-order valence-corrected chi connectivity index (χ2v) is 5.79. The molecule has 0 heterocycles. The van der Waals surface area contributed by atoms with Crippen molar-refractivity contribution in [1.29, 1.82) is 0 Å². The first kappa shape index (κ1) is 14.2. The van der Waals surface area contributed by atoms with Gasteiger partial charge in [-0.25, -0.2) is 4.39 Å². The summed E-state index contributed by atoms with van der Waals surface area (Å²) in [4.78, 5) is 12.5. The molecule has 1 aliphatic carbocycles. The van der Waals surface area contributed by atoms with Crippen molar-refractivity contribution in [2.24, 2.45) is 11.7 Å². The Morgan fingerprint density at radius 1 is 1.19 bits per heavy atom. The molecule has 1 atom stereocenters. The van der Waals surface area contributed by atoms with Gasteiger partial charge in [0.15, 0.2) is 5.78 Å². The van der Waals surface area contributed by atoms with E-state index in [4.69, 9.17) is 17.3 Å². The van der Waals surface area contributed by atoms with Gasteiger partial charge in [-0.05, 0) is 24.8 Å². The molecule has 0 spiro atoms. The minimum atomic E-state index is -0.587. The summed E-state index contributed by atoms with van der Waals surface area (Å²) < 4.78 is 14.7. The summed E-state index contributed by atoms with van der Waals surface area (Å²) in [5.74, 6) is -0.695. The molecule has 3 rings (SSSR count). The summed E-state index contributed by atoms with van der Waals surface area (Å²) in [6.07, 6.45) is 2.01. The summed E-state index contributed by atoms with van der Waals surface area (Å²) in [7, 11) is 0. The third-order valence-corrected chi connectivity index (χ3v) is 4.19. The van der Waals surface area contributed by atoms with Crippen molar-refractivity contribution in [1.82, 2.24) is 0 Å². The molecule has 0 saturated heterocycles. The molecule has 2 nitrogen and oxygen atoms in total. The Bertz CT molecular complexity index is 683. The molecule has 4 heteroatoms. The molecule has 1 aliphatic rings. The van der Waals surface area contributed by atoms with E-state index in [0.717, 1.165) is 12.8 Å². The van der Waals surface area contributed by atoms with E-state index >= 15 is 0 Å². The molecule has 0 unspecified atom stereocenters. The molecule has 0 amide bonds. The molecule has 0 radical (unpaired) electrons. The van der Waals surface area contributed by atoms with Gasteiger partial charge >= 0.3 is 0 Å². The summed E-state index contributed by atoms with van der Waals surface area (Å²) in [5, 5.41) is 0.119. The lowest BCUT2D eigenvalue weighted by Crippen LogP contribution is -2.17. The fraction of sp³-hybridized carbons (Fsp3) is 0.235. The molecule has 21 heavy (non-hydrogen) atoms. The molecule has 0 aromatic heterocycles. The van der Waals surface area contributed by atoms with Gasteiger partial charge in [0.05, 0.1) is 10.6 Å². The van der Waals surface area contributed by atoms with Crippen molar-refractivity contribution in [3.05, 3.63) is 70.0 Å². The van der Waals surface area contributed by atoms with E-state index in [0.29, 0.717) is 17.0 Å². The smallest absolute Gasteiger partial charge is 0.197 e. The van der Waals surface area contributed by atoms with Crippen molar-refractivity contribution < 1.29 is 9.18 Å². The monoisotopic (exact) mass is 303 g/mol. The first-order chi connectivity index (χ1) is 10.1. The molecule has 1 saturated carbocycles. The number of carbonyl (C=O) groups is 1. The van der Waals surface area contributed by atoms with E-state index in [1.54, 1.807) is 42.5 Å². The predicted molar refractivity (Wildman–Crippen MR) is 80.9 cm³/mol. The van der Waals surface area contributed by atoms with Crippen LogP contribution in [0.5, 0.6) is 0 Å². The molecular formula is C17H15ClFNO. The van der Waals surface area contributed by atoms with Crippen LogP contribution in [0.1, 0.15) is 40.4 Å². The topological polar surface area (TPSA) is 43.1 Å². The molecule has 108 valence electrons. The second-order valence-electron chi connectivity index (χ2n) is 5.38. The fourth-order valence-electron chi connectivity index (χ4n) is 2.48. The highest BCUT2D eigenvalue weighted by atomic mass is 35.5. The van der Waals surface area contributed by atoms with Crippen molar-refractivity contribution in [2.75, 3.05) is 0 Å². The van der Waals surface area contributed by atoms with Crippen LogP contribution in [0, 0.1) is 11.7 Å². The quantitative estimate of drug-likeness (QED) is 0.863. The lowest BCUT2D eigenvalue weighted by atomic mass is 9.96. The van der Waals surface area contributed by atoms with Gasteiger partial charge < -0.3 is 5.73 Å². The van der Waals surface area contributed by atoms with Crippen LogP contribution in [0.2, 0.25) is 5.02 Å². The Balaban J connectivity index is 2.05. The van der Waals surface area contributed by atoms with Crippen LogP contribution in [0.3, 0.4) is 0 Å². The standard InChI is InChI=1S/C17H15ClFNO/c18-13-9-8-12(16(20)10-6-7-10)15(19)14(13)17(21)11-4-2-1-3-5-11/h1-5,8-10,16H,6-7,20H2/t16-/m1/s1. The number of benzene rings is 2. The lowest BCUT2D eigenvalue weighted by molar-refractivity contribution is 0.103.